The zero-order chi connectivity index (χ0) is 13.1. The topological polar surface area (TPSA) is 58.4 Å². The van der Waals surface area contributed by atoms with Gasteiger partial charge in [0.25, 0.3) is 0 Å². The predicted molar refractivity (Wildman–Crippen MR) is 70.6 cm³/mol. The third-order valence-corrected chi connectivity index (χ3v) is 2.99. The van der Waals surface area contributed by atoms with Crippen LogP contribution < -0.4 is 4.90 Å². The van der Waals surface area contributed by atoms with E-state index in [1.807, 2.05) is 18.7 Å². The Bertz CT molecular complexity index is 515. The van der Waals surface area contributed by atoms with Crippen LogP contribution in [0.15, 0.2) is 18.2 Å². The maximum absolute atomic E-state index is 10.6. The number of carbonyl (C=O) groups is 1. The molecule has 5 heteroatoms. The van der Waals surface area contributed by atoms with E-state index in [9.17, 15) is 4.79 Å². The lowest BCUT2D eigenvalue weighted by Crippen LogP contribution is -2.29. The molecule has 96 valence electrons. The van der Waals surface area contributed by atoms with Crippen molar-refractivity contribution < 1.29 is 9.90 Å². The summed E-state index contributed by atoms with van der Waals surface area (Å²) in [6.07, 6.45) is 8.07. The largest absolute Gasteiger partial charge is 0.478 e. The van der Waals surface area contributed by atoms with Crippen molar-refractivity contribution in [2.45, 2.75) is 13.3 Å². The summed E-state index contributed by atoms with van der Waals surface area (Å²) in [7, 11) is 1.89. The molecule has 0 unspecified atom stereocenters. The van der Waals surface area contributed by atoms with Gasteiger partial charge in [0.05, 0.1) is 5.69 Å². The van der Waals surface area contributed by atoms with Crippen LogP contribution in [0.1, 0.15) is 17.7 Å². The second-order valence-corrected chi connectivity index (χ2v) is 4.32. The average molecular weight is 247 g/mol. The Kier molecular flexibility index (Phi) is 3.50. The molecule has 2 rings (SSSR count). The summed E-state index contributed by atoms with van der Waals surface area (Å²) in [6.45, 7) is 3.67. The highest BCUT2D eigenvalue weighted by molar-refractivity contribution is 5.87. The minimum Gasteiger partial charge on any atom is -0.478 e. The molecule has 1 aromatic rings. The fourth-order valence-electron chi connectivity index (χ4n) is 2.22. The number of aliphatic carboxylic acids is 1. The van der Waals surface area contributed by atoms with Gasteiger partial charge in [-0.25, -0.2) is 4.79 Å². The molecule has 0 aromatic carbocycles. The van der Waals surface area contributed by atoms with Gasteiger partial charge in [0.15, 0.2) is 0 Å². The Morgan fingerprint density at radius 1 is 1.50 bits per heavy atom. The molecule has 0 radical (unpaired) electrons. The summed E-state index contributed by atoms with van der Waals surface area (Å²) in [5, 5.41) is 13.1. The van der Waals surface area contributed by atoms with Gasteiger partial charge in [-0.1, -0.05) is 12.2 Å². The van der Waals surface area contributed by atoms with E-state index in [0.29, 0.717) is 0 Å². The quantitative estimate of drug-likeness (QED) is 0.651. The standard InChI is InChI=1S/C13H17N3O2/c1-10-11(6-7-12(17)18)13(15(2)14-10)16-8-4-3-5-9-16/h3-4,6-7H,5,8-9H2,1-2H3,(H,17,18)/b7-6+. The average Bonchev–Trinajstić information content (AvgIpc) is 2.62. The highest BCUT2D eigenvalue weighted by atomic mass is 16.4. The van der Waals surface area contributed by atoms with Gasteiger partial charge in [0.1, 0.15) is 5.82 Å². The van der Waals surface area contributed by atoms with Crippen molar-refractivity contribution in [3.05, 3.63) is 29.5 Å². The van der Waals surface area contributed by atoms with Gasteiger partial charge in [0, 0.05) is 31.8 Å². The summed E-state index contributed by atoms with van der Waals surface area (Å²) >= 11 is 0. The number of nitrogens with zero attached hydrogens (tertiary/aromatic N) is 3. The number of aryl methyl sites for hydroxylation is 2. The molecule has 0 aliphatic carbocycles. The number of rotatable bonds is 3. The third-order valence-electron chi connectivity index (χ3n) is 2.99. The fourth-order valence-corrected chi connectivity index (χ4v) is 2.22. The normalized spacial score (nSPS) is 15.6. The second-order valence-electron chi connectivity index (χ2n) is 4.32. The van der Waals surface area contributed by atoms with Crippen LogP contribution in [-0.2, 0) is 11.8 Å². The van der Waals surface area contributed by atoms with E-state index in [4.69, 9.17) is 5.11 Å². The summed E-state index contributed by atoms with van der Waals surface area (Å²) in [5.74, 6) is 0.0390. The van der Waals surface area contributed by atoms with Gasteiger partial charge in [-0.15, -0.1) is 0 Å². The first-order valence-corrected chi connectivity index (χ1v) is 5.94. The van der Waals surface area contributed by atoms with E-state index >= 15 is 0 Å². The minimum atomic E-state index is -0.942. The first kappa shape index (κ1) is 12.4. The molecule has 1 N–H and O–H groups in total. The molecule has 0 saturated carbocycles. The number of carboxylic acids is 1. The molecule has 1 aliphatic heterocycles. The Morgan fingerprint density at radius 3 is 2.89 bits per heavy atom. The lowest BCUT2D eigenvalue weighted by atomic mass is 10.2. The lowest BCUT2D eigenvalue weighted by Gasteiger charge is -2.26. The molecule has 1 aromatic heterocycles. The molecule has 2 heterocycles. The van der Waals surface area contributed by atoms with Crippen LogP contribution in [0.2, 0.25) is 0 Å². The van der Waals surface area contributed by atoms with E-state index in [1.54, 1.807) is 6.08 Å². The van der Waals surface area contributed by atoms with E-state index in [2.05, 4.69) is 22.2 Å². The summed E-state index contributed by atoms with van der Waals surface area (Å²) in [6, 6.07) is 0. The number of hydrogen-bond donors (Lipinski definition) is 1. The molecule has 0 bridgehead atoms. The van der Waals surface area contributed by atoms with Crippen molar-refractivity contribution >= 4 is 17.9 Å². The van der Waals surface area contributed by atoms with Crippen LogP contribution in [0.3, 0.4) is 0 Å². The van der Waals surface area contributed by atoms with Crippen molar-refractivity contribution in [1.82, 2.24) is 9.78 Å². The van der Waals surface area contributed by atoms with Gasteiger partial charge in [-0.05, 0) is 19.4 Å². The molecule has 0 saturated heterocycles. The number of aromatic nitrogens is 2. The maximum Gasteiger partial charge on any atom is 0.328 e. The summed E-state index contributed by atoms with van der Waals surface area (Å²) in [4.78, 5) is 12.8. The molecule has 1 aliphatic rings. The van der Waals surface area contributed by atoms with E-state index < -0.39 is 5.97 Å². The van der Waals surface area contributed by atoms with Gasteiger partial charge >= 0.3 is 5.97 Å². The van der Waals surface area contributed by atoms with Gasteiger partial charge < -0.3 is 10.0 Å². The van der Waals surface area contributed by atoms with Crippen molar-refractivity contribution in [2.24, 2.45) is 7.05 Å². The van der Waals surface area contributed by atoms with Crippen LogP contribution in [-0.4, -0.2) is 33.9 Å². The SMILES string of the molecule is Cc1nn(C)c(N2CC=CCC2)c1/C=C/C(=O)O. The van der Waals surface area contributed by atoms with Crippen LogP contribution in [0, 0.1) is 6.92 Å². The van der Waals surface area contributed by atoms with Crippen LogP contribution in [0.5, 0.6) is 0 Å². The van der Waals surface area contributed by atoms with Crippen LogP contribution in [0.4, 0.5) is 5.82 Å². The number of anilines is 1. The first-order valence-electron chi connectivity index (χ1n) is 5.94. The van der Waals surface area contributed by atoms with Crippen LogP contribution in [0.25, 0.3) is 6.08 Å². The van der Waals surface area contributed by atoms with Crippen molar-refractivity contribution in [1.29, 1.82) is 0 Å². The van der Waals surface area contributed by atoms with Crippen molar-refractivity contribution in [3.8, 4) is 0 Å². The van der Waals surface area contributed by atoms with E-state index in [-0.39, 0.29) is 0 Å². The number of hydrogen-bond acceptors (Lipinski definition) is 3. The fraction of sp³-hybridized carbons (Fsp3) is 0.385. The summed E-state index contributed by atoms with van der Waals surface area (Å²) in [5.41, 5.74) is 1.73. The van der Waals surface area contributed by atoms with Crippen LogP contribution >= 0.6 is 0 Å². The Hall–Kier alpha value is -2.04. The molecule has 5 nitrogen and oxygen atoms in total. The zero-order valence-electron chi connectivity index (χ0n) is 10.6. The number of carboxylic acid groups (broad SMARTS) is 1. The van der Waals surface area contributed by atoms with Gasteiger partial charge in [-0.2, -0.15) is 5.10 Å². The maximum atomic E-state index is 10.6. The highest BCUT2D eigenvalue weighted by Crippen LogP contribution is 2.25. The predicted octanol–water partition coefficient (Wildman–Crippen LogP) is 1.59. The molecule has 0 fully saturated rings. The van der Waals surface area contributed by atoms with Crippen molar-refractivity contribution in [3.63, 3.8) is 0 Å². The Balaban J connectivity index is 2.38. The minimum absolute atomic E-state index is 0.840. The molecule has 0 spiro atoms. The zero-order valence-corrected chi connectivity index (χ0v) is 10.6. The lowest BCUT2D eigenvalue weighted by molar-refractivity contribution is -0.131. The van der Waals surface area contributed by atoms with Gasteiger partial charge in [-0.3, -0.25) is 4.68 Å². The first-order chi connectivity index (χ1) is 8.59. The molecular formula is C13H17N3O2. The Labute approximate surface area is 106 Å². The molecular weight excluding hydrogens is 230 g/mol. The van der Waals surface area contributed by atoms with E-state index in [0.717, 1.165) is 42.7 Å². The highest BCUT2D eigenvalue weighted by Gasteiger charge is 2.18. The molecule has 0 atom stereocenters. The molecule has 0 amide bonds. The second kappa shape index (κ2) is 5.08. The van der Waals surface area contributed by atoms with Gasteiger partial charge in [0.2, 0.25) is 0 Å². The smallest absolute Gasteiger partial charge is 0.328 e. The third kappa shape index (κ3) is 2.45. The van der Waals surface area contributed by atoms with E-state index in [1.165, 1.54) is 0 Å². The Morgan fingerprint density at radius 2 is 2.28 bits per heavy atom. The van der Waals surface area contributed by atoms with Crippen molar-refractivity contribution in [2.75, 3.05) is 18.0 Å². The molecule has 18 heavy (non-hydrogen) atoms. The summed E-state index contributed by atoms with van der Waals surface area (Å²) < 4.78 is 1.82. The monoisotopic (exact) mass is 247 g/mol.